The van der Waals surface area contributed by atoms with Gasteiger partial charge in [0, 0.05) is 23.4 Å². The highest BCUT2D eigenvalue weighted by Gasteiger charge is 2.33. The van der Waals surface area contributed by atoms with Crippen molar-refractivity contribution in [1.29, 1.82) is 0 Å². The van der Waals surface area contributed by atoms with Gasteiger partial charge in [0.15, 0.2) is 11.9 Å². The van der Waals surface area contributed by atoms with Crippen molar-refractivity contribution in [3.63, 3.8) is 0 Å². The number of anilines is 2. The summed E-state index contributed by atoms with van der Waals surface area (Å²) in [6.45, 7) is 0.376. The molecule has 3 aromatic rings. The summed E-state index contributed by atoms with van der Waals surface area (Å²) in [4.78, 5) is 28.3. The molecule has 3 amide bonds. The van der Waals surface area contributed by atoms with Crippen LogP contribution in [0.4, 0.5) is 25.5 Å². The van der Waals surface area contributed by atoms with E-state index >= 15 is 0 Å². The number of furan rings is 1. The number of hydrazone groups is 1. The topological polar surface area (TPSA) is 144 Å². The van der Waals surface area contributed by atoms with Crippen molar-refractivity contribution in [3.8, 4) is 16.9 Å². The normalized spacial score (nSPS) is 15.5. The highest BCUT2D eigenvalue weighted by Crippen LogP contribution is 2.29. The first-order chi connectivity index (χ1) is 16.0. The SMILES string of the molecule is NC(=O)N/N=C\Nc1ccc(-c2ccc(N3CC(COc4ccoc4)OC3=O)cc2F)cn1. The number of primary amides is 1. The van der Waals surface area contributed by atoms with E-state index in [4.69, 9.17) is 19.6 Å². The van der Waals surface area contributed by atoms with Crippen molar-refractivity contribution in [2.45, 2.75) is 6.10 Å². The van der Waals surface area contributed by atoms with E-state index in [-0.39, 0.29) is 13.2 Å². The van der Waals surface area contributed by atoms with Crippen LogP contribution in [0.5, 0.6) is 5.75 Å². The number of aromatic nitrogens is 1. The second-order valence-corrected chi connectivity index (χ2v) is 6.86. The first-order valence-corrected chi connectivity index (χ1v) is 9.72. The Morgan fingerprint density at radius 3 is 2.94 bits per heavy atom. The maximum atomic E-state index is 14.8. The van der Waals surface area contributed by atoms with Crippen LogP contribution in [-0.2, 0) is 4.74 Å². The monoisotopic (exact) mass is 454 g/mol. The van der Waals surface area contributed by atoms with Gasteiger partial charge >= 0.3 is 12.1 Å². The van der Waals surface area contributed by atoms with Crippen molar-refractivity contribution in [1.82, 2.24) is 10.4 Å². The van der Waals surface area contributed by atoms with Gasteiger partial charge in [-0.15, -0.1) is 0 Å². The van der Waals surface area contributed by atoms with Crippen LogP contribution in [-0.4, -0.2) is 42.7 Å². The van der Waals surface area contributed by atoms with Gasteiger partial charge < -0.3 is 24.9 Å². The van der Waals surface area contributed by atoms with Crippen LogP contribution in [0.2, 0.25) is 0 Å². The third-order valence-electron chi connectivity index (χ3n) is 4.60. The molecule has 3 heterocycles. The number of rotatable bonds is 8. The summed E-state index contributed by atoms with van der Waals surface area (Å²) in [5.41, 5.74) is 8.14. The van der Waals surface area contributed by atoms with E-state index in [1.165, 1.54) is 36.0 Å². The van der Waals surface area contributed by atoms with E-state index < -0.39 is 24.0 Å². The first kappa shape index (κ1) is 21.6. The molecule has 2 aromatic heterocycles. The molecule has 0 bridgehead atoms. The number of carbonyl (C=O) groups excluding carboxylic acids is 2. The lowest BCUT2D eigenvalue weighted by Crippen LogP contribution is -2.26. The molecule has 4 N–H and O–H groups in total. The number of hydrogen-bond acceptors (Lipinski definition) is 7. The molecule has 1 aliphatic heterocycles. The molecule has 1 unspecified atom stereocenters. The number of benzene rings is 1. The lowest BCUT2D eigenvalue weighted by atomic mass is 10.1. The van der Waals surface area contributed by atoms with Crippen LogP contribution in [0.15, 0.2) is 64.6 Å². The van der Waals surface area contributed by atoms with Crippen molar-refractivity contribution in [2.75, 3.05) is 23.4 Å². The van der Waals surface area contributed by atoms with Gasteiger partial charge in [0.1, 0.15) is 30.8 Å². The molecule has 1 saturated heterocycles. The summed E-state index contributed by atoms with van der Waals surface area (Å²) in [5, 5.41) is 6.26. The molecule has 0 aliphatic carbocycles. The van der Waals surface area contributed by atoms with E-state index in [1.54, 1.807) is 30.3 Å². The van der Waals surface area contributed by atoms with Crippen LogP contribution in [0.1, 0.15) is 0 Å². The first-order valence-electron chi connectivity index (χ1n) is 9.72. The molecule has 1 aliphatic rings. The third-order valence-corrected chi connectivity index (χ3v) is 4.60. The number of nitrogens with one attached hydrogen (secondary N) is 2. The summed E-state index contributed by atoms with van der Waals surface area (Å²) < 4.78 is 30.6. The number of ether oxygens (including phenoxy) is 2. The molecule has 1 atom stereocenters. The number of nitrogens with two attached hydrogens (primary N) is 1. The van der Waals surface area contributed by atoms with Crippen molar-refractivity contribution >= 4 is 30.0 Å². The Hall–Kier alpha value is -4.61. The minimum atomic E-state index is -0.796. The number of urea groups is 1. The molecule has 4 rings (SSSR count). The maximum Gasteiger partial charge on any atom is 0.414 e. The highest BCUT2D eigenvalue weighted by molar-refractivity contribution is 5.90. The number of nitrogens with zero attached hydrogens (tertiary/aromatic N) is 3. The quantitative estimate of drug-likeness (QED) is 0.270. The molecule has 1 fully saturated rings. The molecule has 33 heavy (non-hydrogen) atoms. The lowest BCUT2D eigenvalue weighted by molar-refractivity contribution is 0.105. The lowest BCUT2D eigenvalue weighted by Gasteiger charge is -2.14. The number of amides is 3. The third kappa shape index (κ3) is 5.36. The largest absolute Gasteiger partial charge is 0.486 e. The Labute approximate surface area is 187 Å². The van der Waals surface area contributed by atoms with Crippen molar-refractivity contribution in [2.24, 2.45) is 10.8 Å². The van der Waals surface area contributed by atoms with Gasteiger partial charge in [-0.25, -0.2) is 24.4 Å². The number of hydrogen-bond donors (Lipinski definition) is 3. The molecule has 170 valence electrons. The van der Waals surface area contributed by atoms with Crippen molar-refractivity contribution < 1.29 is 27.9 Å². The molecule has 11 nitrogen and oxygen atoms in total. The molecular formula is C21H19FN6O5. The summed E-state index contributed by atoms with van der Waals surface area (Å²) in [6, 6.07) is 8.59. The van der Waals surface area contributed by atoms with Gasteiger partial charge in [-0.05, 0) is 30.3 Å². The Balaban J connectivity index is 1.39. The second-order valence-electron chi connectivity index (χ2n) is 6.86. The van der Waals surface area contributed by atoms with Gasteiger partial charge in [0.05, 0.1) is 18.5 Å². The van der Waals surface area contributed by atoms with Gasteiger partial charge in [0.2, 0.25) is 0 Å². The van der Waals surface area contributed by atoms with Crippen LogP contribution < -0.4 is 26.1 Å². The van der Waals surface area contributed by atoms with Gasteiger partial charge in [-0.3, -0.25) is 4.90 Å². The molecule has 0 spiro atoms. The zero-order valence-electron chi connectivity index (χ0n) is 17.1. The van der Waals surface area contributed by atoms with Gasteiger partial charge in [-0.2, -0.15) is 5.10 Å². The standard InChI is InChI=1S/C21H19FN6O5/c22-18-7-14(28-9-16(33-21(28)30)11-32-15-5-6-31-10-15)2-3-17(18)13-1-4-19(24-8-13)25-12-26-27-20(23)29/h1-8,10,12,16H,9,11H2,(H3,23,27,29)(H,24,25,26). The van der Waals surface area contributed by atoms with E-state index in [9.17, 15) is 14.0 Å². The van der Waals surface area contributed by atoms with E-state index in [0.717, 1.165) is 0 Å². The number of halogens is 1. The van der Waals surface area contributed by atoms with Crippen LogP contribution in [0.3, 0.4) is 0 Å². The van der Waals surface area contributed by atoms with E-state index in [0.29, 0.717) is 28.4 Å². The molecular weight excluding hydrogens is 435 g/mol. The van der Waals surface area contributed by atoms with Crippen molar-refractivity contribution in [3.05, 3.63) is 60.9 Å². The van der Waals surface area contributed by atoms with Crippen LogP contribution in [0, 0.1) is 5.82 Å². The van der Waals surface area contributed by atoms with Gasteiger partial charge in [0.25, 0.3) is 0 Å². The fourth-order valence-electron chi connectivity index (χ4n) is 3.08. The summed E-state index contributed by atoms with van der Waals surface area (Å²) >= 11 is 0. The minimum absolute atomic E-state index is 0.150. The minimum Gasteiger partial charge on any atom is -0.486 e. The number of carbonyl (C=O) groups is 2. The van der Waals surface area contributed by atoms with Gasteiger partial charge in [-0.1, -0.05) is 0 Å². The molecule has 0 saturated carbocycles. The second kappa shape index (κ2) is 9.68. The zero-order chi connectivity index (χ0) is 23.2. The average molecular weight is 454 g/mol. The predicted octanol–water partition coefficient (Wildman–Crippen LogP) is 2.91. The summed E-state index contributed by atoms with van der Waals surface area (Å²) in [5.74, 6) is 0.437. The summed E-state index contributed by atoms with van der Waals surface area (Å²) in [6.07, 6.45) is 4.52. The predicted molar refractivity (Wildman–Crippen MR) is 116 cm³/mol. The summed E-state index contributed by atoms with van der Waals surface area (Å²) in [7, 11) is 0. The highest BCUT2D eigenvalue weighted by atomic mass is 19.1. The Morgan fingerprint density at radius 1 is 1.36 bits per heavy atom. The number of pyridine rings is 1. The van der Waals surface area contributed by atoms with Crippen LogP contribution >= 0.6 is 0 Å². The van der Waals surface area contributed by atoms with E-state index in [2.05, 4.69) is 15.4 Å². The molecule has 1 aromatic carbocycles. The number of cyclic esters (lactones) is 1. The van der Waals surface area contributed by atoms with Crippen LogP contribution in [0.25, 0.3) is 11.1 Å². The Morgan fingerprint density at radius 2 is 2.24 bits per heavy atom. The smallest absolute Gasteiger partial charge is 0.414 e. The fraction of sp³-hybridized carbons (Fsp3) is 0.143. The average Bonchev–Trinajstić information content (AvgIpc) is 3.45. The zero-order valence-corrected chi connectivity index (χ0v) is 17.1. The maximum absolute atomic E-state index is 14.8. The fourth-order valence-corrected chi connectivity index (χ4v) is 3.08. The molecule has 12 heteroatoms. The van der Waals surface area contributed by atoms with E-state index in [1.807, 2.05) is 5.43 Å². The molecule has 0 radical (unpaired) electrons. The Bertz CT molecular complexity index is 1150. The Kier molecular flexibility index (Phi) is 6.34.